The lowest BCUT2D eigenvalue weighted by molar-refractivity contribution is -0.118. The van der Waals surface area contributed by atoms with Gasteiger partial charge in [0.2, 0.25) is 5.91 Å². The Balaban J connectivity index is 2.64. The first-order valence-electron chi connectivity index (χ1n) is 1.97. The van der Waals surface area contributed by atoms with E-state index < -0.39 is 6.03 Å². The quantitative estimate of drug-likeness (QED) is 0.365. The molecule has 0 aromatic carbocycles. The van der Waals surface area contributed by atoms with Gasteiger partial charge >= 0.3 is 6.03 Å². The monoisotopic (exact) mass is 134 g/mol. The van der Waals surface area contributed by atoms with Gasteiger partial charge in [-0.2, -0.15) is 0 Å². The zero-order valence-corrected chi connectivity index (χ0v) is 4.60. The Labute approximate surface area is 50.5 Å². The molecule has 1 aliphatic rings. The van der Waals surface area contributed by atoms with Crippen LogP contribution in [0, 0.1) is 0 Å². The van der Waals surface area contributed by atoms with Crippen LogP contribution in [-0.2, 0) is 4.79 Å². The summed E-state index contributed by atoms with van der Waals surface area (Å²) in [5, 5.41) is 1.98. The molecule has 1 fully saturated rings. The average Bonchev–Trinajstić information content (AvgIpc) is 1.85. The van der Waals surface area contributed by atoms with Gasteiger partial charge in [0, 0.05) is 11.8 Å². The van der Waals surface area contributed by atoms with E-state index in [1.54, 1.807) is 0 Å². The summed E-state index contributed by atoms with van der Waals surface area (Å²) in [6.45, 7) is -0.0413. The Morgan fingerprint density at radius 2 is 2.25 bits per heavy atom. The summed E-state index contributed by atoms with van der Waals surface area (Å²) in [4.78, 5) is 20.5. The number of amides is 3. The van der Waals surface area contributed by atoms with Gasteiger partial charge in [0.25, 0.3) is 0 Å². The molecule has 0 aromatic rings. The molecule has 0 saturated carbocycles. The topological polar surface area (TPSA) is 49.4 Å². The summed E-state index contributed by atoms with van der Waals surface area (Å²) in [7, 11) is 0. The van der Waals surface area contributed by atoms with Crippen molar-refractivity contribution in [3.63, 3.8) is 0 Å². The largest absolute Gasteiger partial charge is 0.339 e. The van der Waals surface area contributed by atoms with Crippen LogP contribution in [0.15, 0.2) is 0 Å². The fourth-order valence-corrected chi connectivity index (χ4v) is 0.568. The Kier molecular flexibility index (Phi) is 1.09. The molecule has 1 rings (SSSR count). The van der Waals surface area contributed by atoms with Crippen molar-refractivity contribution in [2.75, 3.05) is 6.54 Å². The maximum atomic E-state index is 10.2. The average molecular weight is 135 g/mol. The second-order valence-corrected chi connectivity index (χ2v) is 1.78. The maximum Gasteiger partial charge on any atom is 0.339 e. The van der Waals surface area contributed by atoms with Crippen molar-refractivity contribution in [3.8, 4) is 0 Å². The summed E-state index contributed by atoms with van der Waals surface area (Å²) in [5.41, 5.74) is 0. The van der Waals surface area contributed by atoms with E-state index in [0.717, 1.165) is 4.42 Å². The molecule has 0 bridgehead atoms. The van der Waals surface area contributed by atoms with Gasteiger partial charge in [0.15, 0.2) is 0 Å². The Morgan fingerprint density at radius 1 is 1.62 bits per heavy atom. The molecule has 0 spiro atoms. The van der Waals surface area contributed by atoms with Crippen molar-refractivity contribution in [3.05, 3.63) is 0 Å². The van der Waals surface area contributed by atoms with Crippen molar-refractivity contribution in [1.29, 1.82) is 0 Å². The van der Waals surface area contributed by atoms with Gasteiger partial charge < -0.3 is 0 Å². The highest BCUT2D eigenvalue weighted by atomic mass is 35.5. The number of urea groups is 1. The molecule has 0 radical (unpaired) electrons. The van der Waals surface area contributed by atoms with Gasteiger partial charge in [0.1, 0.15) is 6.54 Å². The van der Waals surface area contributed by atoms with Crippen molar-refractivity contribution < 1.29 is 9.59 Å². The number of halogens is 1. The lowest BCUT2D eigenvalue weighted by atomic mass is 10.7. The second-order valence-electron chi connectivity index (χ2n) is 1.37. The minimum absolute atomic E-state index is 0.0413. The summed E-state index contributed by atoms with van der Waals surface area (Å²) >= 11 is 5.16. The molecule has 5 heteroatoms. The zero-order chi connectivity index (χ0) is 6.15. The van der Waals surface area contributed by atoms with Crippen LogP contribution in [0.1, 0.15) is 0 Å². The highest BCUT2D eigenvalue weighted by Gasteiger charge is 2.24. The van der Waals surface area contributed by atoms with Crippen LogP contribution < -0.4 is 5.32 Å². The highest BCUT2D eigenvalue weighted by Crippen LogP contribution is 1.99. The van der Waals surface area contributed by atoms with Crippen molar-refractivity contribution >= 4 is 23.7 Å². The molecule has 4 nitrogen and oxygen atoms in total. The van der Waals surface area contributed by atoms with Gasteiger partial charge in [0.05, 0.1) is 0 Å². The van der Waals surface area contributed by atoms with Crippen LogP contribution in [-0.4, -0.2) is 22.9 Å². The van der Waals surface area contributed by atoms with Gasteiger partial charge in [-0.15, -0.1) is 0 Å². The fourth-order valence-electron chi connectivity index (χ4n) is 0.417. The fraction of sp³-hybridized carbons (Fsp3) is 0.333. The third-order valence-corrected chi connectivity index (χ3v) is 1.02. The van der Waals surface area contributed by atoms with E-state index in [0.29, 0.717) is 0 Å². The maximum absolute atomic E-state index is 10.2. The minimum atomic E-state index is -0.545. The molecule has 1 heterocycles. The van der Waals surface area contributed by atoms with E-state index in [4.69, 9.17) is 11.8 Å². The number of nitrogens with one attached hydrogen (secondary N) is 1. The predicted molar refractivity (Wildman–Crippen MR) is 26.1 cm³/mol. The van der Waals surface area contributed by atoms with Gasteiger partial charge in [-0.25, -0.2) is 9.21 Å². The van der Waals surface area contributed by atoms with Gasteiger partial charge in [-0.3, -0.25) is 10.1 Å². The van der Waals surface area contributed by atoms with E-state index in [1.165, 1.54) is 0 Å². The number of carbonyl (C=O) groups excluding carboxylic acids is 2. The summed E-state index contributed by atoms with van der Waals surface area (Å²) in [5.74, 6) is -0.356. The van der Waals surface area contributed by atoms with E-state index in [1.807, 2.05) is 5.32 Å². The van der Waals surface area contributed by atoms with Crippen LogP contribution in [0.3, 0.4) is 0 Å². The third-order valence-electron chi connectivity index (χ3n) is 0.749. The van der Waals surface area contributed by atoms with Crippen molar-refractivity contribution in [1.82, 2.24) is 9.74 Å². The van der Waals surface area contributed by atoms with Crippen LogP contribution in [0.25, 0.3) is 0 Å². The van der Waals surface area contributed by atoms with Crippen LogP contribution in [0.2, 0.25) is 0 Å². The summed E-state index contributed by atoms with van der Waals surface area (Å²) in [6, 6.07) is -0.545. The first kappa shape index (κ1) is 5.37. The normalized spacial score (nSPS) is 19.4. The Morgan fingerprint density at radius 3 is 2.38 bits per heavy atom. The van der Waals surface area contributed by atoms with E-state index in [-0.39, 0.29) is 12.5 Å². The third kappa shape index (κ3) is 0.742. The first-order chi connectivity index (χ1) is 3.70. The molecule has 0 aliphatic carbocycles. The molecule has 0 atom stereocenters. The van der Waals surface area contributed by atoms with E-state index in [2.05, 4.69) is 0 Å². The zero-order valence-electron chi connectivity index (χ0n) is 3.85. The molecular formula is C3H3ClN2O2. The smallest absolute Gasteiger partial charge is 0.275 e. The molecule has 0 aromatic heterocycles. The molecule has 1 saturated heterocycles. The number of carbonyl (C=O) groups is 2. The Bertz CT molecular complexity index is 146. The number of nitrogens with zero attached hydrogens (tertiary/aromatic N) is 1. The summed E-state index contributed by atoms with van der Waals surface area (Å²) < 4.78 is 0.794. The highest BCUT2D eigenvalue weighted by molar-refractivity contribution is 6.26. The molecule has 1 aliphatic heterocycles. The van der Waals surface area contributed by atoms with Gasteiger partial charge in [-0.1, -0.05) is 0 Å². The standard InChI is InChI=1S/C3H3ClN2O2/c4-6-1-2(7)5-3(6)8/h1H2,(H,5,7,8). The van der Waals surface area contributed by atoms with Crippen LogP contribution >= 0.6 is 11.8 Å². The SMILES string of the molecule is O=C1CN(Cl)C(=O)N1. The molecule has 44 valence electrons. The lowest BCUT2D eigenvalue weighted by Gasteiger charge is -1.94. The Hall–Kier alpha value is -0.770. The van der Waals surface area contributed by atoms with E-state index in [9.17, 15) is 9.59 Å². The minimum Gasteiger partial charge on any atom is -0.275 e. The lowest BCUT2D eigenvalue weighted by Crippen LogP contribution is -2.21. The van der Waals surface area contributed by atoms with Crippen molar-refractivity contribution in [2.24, 2.45) is 0 Å². The molecule has 1 N–H and O–H groups in total. The number of hydrogen-bond donors (Lipinski definition) is 1. The number of rotatable bonds is 0. The molecule has 8 heavy (non-hydrogen) atoms. The second kappa shape index (κ2) is 1.63. The summed E-state index contributed by atoms with van der Waals surface area (Å²) in [6.07, 6.45) is 0. The van der Waals surface area contributed by atoms with E-state index >= 15 is 0 Å². The molecule has 0 unspecified atom stereocenters. The molecular weight excluding hydrogens is 131 g/mol. The van der Waals surface area contributed by atoms with Crippen molar-refractivity contribution in [2.45, 2.75) is 0 Å². The van der Waals surface area contributed by atoms with Crippen LogP contribution in [0.5, 0.6) is 0 Å². The van der Waals surface area contributed by atoms with Gasteiger partial charge in [-0.05, 0) is 0 Å². The number of hydrogen-bond acceptors (Lipinski definition) is 2. The number of imide groups is 1. The first-order valence-corrected chi connectivity index (χ1v) is 2.31. The predicted octanol–water partition coefficient (Wildman–Crippen LogP) is -0.308. The van der Waals surface area contributed by atoms with Crippen LogP contribution in [0.4, 0.5) is 4.79 Å². The molecule has 3 amide bonds.